The number of rotatable bonds is 12. The first kappa shape index (κ1) is 27.2. The molecule has 13 heteroatoms. The quantitative estimate of drug-likeness (QED) is 0.340. The van der Waals surface area contributed by atoms with E-state index in [2.05, 4.69) is 20.7 Å². The Balaban J connectivity index is 1.54. The normalized spacial score (nSPS) is 15.6. The van der Waals surface area contributed by atoms with E-state index in [-0.39, 0.29) is 19.3 Å². The minimum atomic E-state index is -1.04. The maximum Gasteiger partial charge on any atom is 0.325 e. The number of hydrogen-bond donors (Lipinski definition) is 1. The molecule has 3 heterocycles. The van der Waals surface area contributed by atoms with Crippen molar-refractivity contribution < 1.29 is 28.6 Å². The van der Waals surface area contributed by atoms with Crippen LogP contribution in [-0.4, -0.2) is 82.4 Å². The summed E-state index contributed by atoms with van der Waals surface area (Å²) in [5.41, 5.74) is 0.692. The van der Waals surface area contributed by atoms with Gasteiger partial charge < -0.3 is 24.4 Å². The minimum absolute atomic E-state index is 0.0760. The van der Waals surface area contributed by atoms with Crippen molar-refractivity contribution >= 4 is 29.1 Å². The zero-order valence-electron chi connectivity index (χ0n) is 21.2. The third kappa shape index (κ3) is 6.92. The number of esters is 1. The highest BCUT2D eigenvalue weighted by Gasteiger charge is 2.35. The van der Waals surface area contributed by atoms with Gasteiger partial charge in [-0.3, -0.25) is 14.4 Å². The topological polar surface area (TPSA) is 138 Å². The van der Waals surface area contributed by atoms with E-state index in [9.17, 15) is 14.4 Å². The molecule has 0 bridgehead atoms. The second-order valence-electron chi connectivity index (χ2n) is 8.50. The highest BCUT2D eigenvalue weighted by molar-refractivity contribution is 7.10. The molecule has 0 aliphatic carbocycles. The summed E-state index contributed by atoms with van der Waals surface area (Å²) in [6.07, 6.45) is 1.71. The Morgan fingerprint density at radius 3 is 2.74 bits per heavy atom. The molecule has 0 radical (unpaired) electrons. The lowest BCUT2D eigenvalue weighted by molar-refractivity contribution is -0.153. The molecule has 0 unspecified atom stereocenters. The molecule has 1 aromatic carbocycles. The summed E-state index contributed by atoms with van der Waals surface area (Å²) in [5, 5.41) is 17.0. The van der Waals surface area contributed by atoms with Gasteiger partial charge in [0.1, 0.15) is 24.9 Å². The number of hydrogen-bond acceptors (Lipinski definition) is 10. The molecule has 4 rings (SSSR count). The van der Waals surface area contributed by atoms with Crippen molar-refractivity contribution in [2.45, 2.75) is 38.5 Å². The fraction of sp³-hybridized carbons (Fsp3) is 0.440. The van der Waals surface area contributed by atoms with Gasteiger partial charge in [-0.25, -0.2) is 0 Å². The number of aromatic nitrogens is 4. The smallest absolute Gasteiger partial charge is 0.325 e. The lowest BCUT2D eigenvalue weighted by Gasteiger charge is -2.29. The van der Waals surface area contributed by atoms with Gasteiger partial charge >= 0.3 is 5.97 Å². The fourth-order valence-corrected chi connectivity index (χ4v) is 4.87. The molecule has 1 fully saturated rings. The average Bonchev–Trinajstić information content (AvgIpc) is 3.71. The molecule has 0 spiro atoms. The van der Waals surface area contributed by atoms with Crippen molar-refractivity contribution in [2.75, 3.05) is 33.4 Å². The Hall–Kier alpha value is -3.84. The van der Waals surface area contributed by atoms with E-state index in [0.717, 1.165) is 17.6 Å². The van der Waals surface area contributed by atoms with Crippen LogP contribution in [0.25, 0.3) is 11.4 Å². The monoisotopic (exact) mass is 542 g/mol. The van der Waals surface area contributed by atoms with Gasteiger partial charge in [0, 0.05) is 23.6 Å². The predicted molar refractivity (Wildman–Crippen MR) is 137 cm³/mol. The molecular formula is C25H30N6O6S. The molecule has 1 N–H and O–H groups in total. The Bertz CT molecular complexity index is 1210. The summed E-state index contributed by atoms with van der Waals surface area (Å²) in [5.74, 6) is -0.571. The maximum absolute atomic E-state index is 13.6. The molecule has 2 amide bonds. The van der Waals surface area contributed by atoms with Gasteiger partial charge in [-0.1, -0.05) is 6.07 Å². The number of benzene rings is 1. The van der Waals surface area contributed by atoms with Crippen molar-refractivity contribution in [1.29, 1.82) is 0 Å². The molecule has 3 aromatic rings. The molecule has 1 aliphatic heterocycles. The van der Waals surface area contributed by atoms with E-state index >= 15 is 0 Å². The first-order valence-corrected chi connectivity index (χ1v) is 13.2. The number of nitrogens with zero attached hydrogens (tertiary/aromatic N) is 5. The molecular weight excluding hydrogens is 512 g/mol. The van der Waals surface area contributed by atoms with E-state index in [4.69, 9.17) is 14.2 Å². The maximum atomic E-state index is 13.6. The third-order valence-electron chi connectivity index (χ3n) is 5.90. The van der Waals surface area contributed by atoms with Crippen LogP contribution in [0, 0.1) is 0 Å². The minimum Gasteiger partial charge on any atom is -0.497 e. The number of ether oxygens (including phenoxy) is 3. The van der Waals surface area contributed by atoms with Crippen molar-refractivity contribution in [1.82, 2.24) is 30.4 Å². The van der Waals surface area contributed by atoms with Crippen molar-refractivity contribution in [2.24, 2.45) is 0 Å². The predicted octanol–water partition coefficient (Wildman–Crippen LogP) is 1.84. The Morgan fingerprint density at radius 1 is 1.26 bits per heavy atom. The number of thiophene rings is 1. The standard InChI is InChI=1S/C25H30N6O6S/c1-3-36-22(33)16-30(23(20-7-5-13-38-20)25(34)26-14-19-6-4-12-37-19)21(32)15-31-28-24(27-29-31)17-8-10-18(35-2)11-9-17/h5,7-11,13,19,23H,3-4,6,12,14-16H2,1-2H3,(H,26,34)/t19-,23-/m1/s1. The van der Waals surface area contributed by atoms with E-state index < -0.39 is 30.4 Å². The molecule has 1 aliphatic rings. The van der Waals surface area contributed by atoms with Crippen LogP contribution in [0.15, 0.2) is 41.8 Å². The zero-order valence-corrected chi connectivity index (χ0v) is 22.1. The van der Waals surface area contributed by atoms with Crippen LogP contribution in [0.2, 0.25) is 0 Å². The molecule has 1 saturated heterocycles. The summed E-state index contributed by atoms with van der Waals surface area (Å²) in [4.78, 5) is 42.4. The number of tetrazole rings is 1. The van der Waals surface area contributed by atoms with Crippen LogP contribution in [-0.2, 0) is 30.4 Å². The van der Waals surface area contributed by atoms with Crippen LogP contribution in [0.1, 0.15) is 30.7 Å². The molecule has 2 aromatic heterocycles. The lowest BCUT2D eigenvalue weighted by atomic mass is 10.1. The van der Waals surface area contributed by atoms with Crippen molar-refractivity contribution in [3.63, 3.8) is 0 Å². The van der Waals surface area contributed by atoms with Gasteiger partial charge in [-0.15, -0.1) is 21.5 Å². The zero-order chi connectivity index (χ0) is 26.9. The molecule has 38 heavy (non-hydrogen) atoms. The van der Waals surface area contributed by atoms with Gasteiger partial charge in [-0.2, -0.15) is 4.80 Å². The van der Waals surface area contributed by atoms with E-state index in [0.29, 0.717) is 35.2 Å². The summed E-state index contributed by atoms with van der Waals surface area (Å²) in [6, 6.07) is 9.58. The Labute approximate surface area is 223 Å². The molecule has 2 atom stereocenters. The number of amides is 2. The number of carbonyl (C=O) groups is 3. The summed E-state index contributed by atoms with van der Waals surface area (Å²) in [6.45, 7) is 2.05. The number of nitrogens with one attached hydrogen (secondary N) is 1. The van der Waals surface area contributed by atoms with Gasteiger partial charge in [0.2, 0.25) is 17.6 Å². The van der Waals surface area contributed by atoms with Gasteiger partial charge in [0.25, 0.3) is 0 Å². The number of carbonyl (C=O) groups excluding carboxylic acids is 3. The van der Waals surface area contributed by atoms with Crippen LogP contribution in [0.5, 0.6) is 5.75 Å². The van der Waals surface area contributed by atoms with Crippen molar-refractivity contribution in [3.8, 4) is 17.1 Å². The summed E-state index contributed by atoms with van der Waals surface area (Å²) >= 11 is 1.32. The SMILES string of the molecule is CCOC(=O)CN(C(=O)Cn1nnc(-c2ccc(OC)cc2)n1)[C@@H](C(=O)NC[C@H]1CCCO1)c1cccs1. The summed E-state index contributed by atoms with van der Waals surface area (Å²) < 4.78 is 15.9. The highest BCUT2D eigenvalue weighted by Crippen LogP contribution is 2.27. The van der Waals surface area contributed by atoms with Gasteiger partial charge in [-0.05, 0) is 60.7 Å². The van der Waals surface area contributed by atoms with Crippen LogP contribution in [0.3, 0.4) is 0 Å². The van der Waals surface area contributed by atoms with Crippen LogP contribution < -0.4 is 10.1 Å². The third-order valence-corrected chi connectivity index (χ3v) is 6.83. The molecule has 12 nitrogen and oxygen atoms in total. The summed E-state index contributed by atoms with van der Waals surface area (Å²) in [7, 11) is 1.57. The van der Waals surface area contributed by atoms with E-state index in [1.807, 2.05) is 5.38 Å². The lowest BCUT2D eigenvalue weighted by Crippen LogP contribution is -2.48. The van der Waals surface area contributed by atoms with Crippen LogP contribution >= 0.6 is 11.3 Å². The Morgan fingerprint density at radius 2 is 2.08 bits per heavy atom. The fourth-order valence-electron chi connectivity index (χ4n) is 4.03. The van der Waals surface area contributed by atoms with E-state index in [1.54, 1.807) is 50.4 Å². The highest BCUT2D eigenvalue weighted by atomic mass is 32.1. The second-order valence-corrected chi connectivity index (χ2v) is 9.48. The Kier molecular flexibility index (Phi) is 9.38. The second kappa shape index (κ2) is 13.1. The van der Waals surface area contributed by atoms with Crippen molar-refractivity contribution in [3.05, 3.63) is 46.7 Å². The van der Waals surface area contributed by atoms with Crippen LogP contribution in [0.4, 0.5) is 0 Å². The first-order valence-electron chi connectivity index (χ1n) is 12.3. The largest absolute Gasteiger partial charge is 0.497 e. The average molecular weight is 543 g/mol. The molecule has 0 saturated carbocycles. The van der Waals surface area contributed by atoms with Gasteiger partial charge in [0.05, 0.1) is 19.8 Å². The first-order chi connectivity index (χ1) is 18.5. The van der Waals surface area contributed by atoms with E-state index in [1.165, 1.54) is 16.2 Å². The van der Waals surface area contributed by atoms with Gasteiger partial charge in [0.15, 0.2) is 0 Å². The number of methoxy groups -OCH3 is 1. The molecule has 202 valence electrons.